The molecular weight excluding hydrogens is 348 g/mol. The second-order valence-corrected chi connectivity index (χ2v) is 7.26. The molecule has 1 aromatic rings. The monoisotopic (exact) mass is 374 g/mol. The van der Waals surface area contributed by atoms with Crippen molar-refractivity contribution in [1.29, 1.82) is 0 Å². The number of carbonyl (C=O) groups excluding carboxylic acids is 2. The quantitative estimate of drug-likeness (QED) is 0.644. The molecule has 27 heavy (non-hydrogen) atoms. The van der Waals surface area contributed by atoms with Gasteiger partial charge in [-0.3, -0.25) is 19.7 Å². The molecule has 0 spiro atoms. The first-order valence-electron chi connectivity index (χ1n) is 9.55. The number of hydrogen-bond donors (Lipinski definition) is 1. The van der Waals surface area contributed by atoms with Crippen LogP contribution >= 0.6 is 0 Å². The minimum atomic E-state index is -0.440. The van der Waals surface area contributed by atoms with Gasteiger partial charge in [0.05, 0.1) is 4.92 Å². The summed E-state index contributed by atoms with van der Waals surface area (Å²) in [7, 11) is 0. The summed E-state index contributed by atoms with van der Waals surface area (Å²) in [5.74, 6) is -0.239. The summed E-state index contributed by atoms with van der Waals surface area (Å²) in [6, 6.07) is 4.82. The van der Waals surface area contributed by atoms with Gasteiger partial charge in [-0.1, -0.05) is 19.3 Å². The van der Waals surface area contributed by atoms with Crippen molar-refractivity contribution in [2.45, 2.75) is 45.1 Å². The molecule has 2 fully saturated rings. The molecule has 1 aliphatic carbocycles. The van der Waals surface area contributed by atoms with Gasteiger partial charge in [0.1, 0.15) is 5.69 Å². The normalized spacial score (nSPS) is 18.3. The van der Waals surface area contributed by atoms with Crippen LogP contribution in [0.4, 0.5) is 11.4 Å². The topological polar surface area (TPSA) is 95.8 Å². The maximum absolute atomic E-state index is 12.5. The van der Waals surface area contributed by atoms with E-state index in [9.17, 15) is 19.7 Å². The molecule has 146 valence electrons. The van der Waals surface area contributed by atoms with Crippen molar-refractivity contribution in [3.63, 3.8) is 0 Å². The average Bonchev–Trinajstić information content (AvgIpc) is 2.68. The van der Waals surface area contributed by atoms with E-state index in [1.54, 1.807) is 17.0 Å². The third-order valence-electron chi connectivity index (χ3n) is 5.44. The summed E-state index contributed by atoms with van der Waals surface area (Å²) >= 11 is 0. The number of nitrogens with zero attached hydrogens (tertiary/aromatic N) is 3. The lowest BCUT2D eigenvalue weighted by Gasteiger charge is -2.35. The van der Waals surface area contributed by atoms with Gasteiger partial charge < -0.3 is 15.1 Å². The second-order valence-electron chi connectivity index (χ2n) is 7.26. The number of hydrogen-bond acceptors (Lipinski definition) is 5. The molecule has 2 aliphatic rings. The van der Waals surface area contributed by atoms with Gasteiger partial charge in [-0.2, -0.15) is 0 Å². The van der Waals surface area contributed by atoms with Gasteiger partial charge in [-0.25, -0.2) is 0 Å². The van der Waals surface area contributed by atoms with E-state index in [1.165, 1.54) is 19.4 Å². The lowest BCUT2D eigenvalue weighted by molar-refractivity contribution is -0.384. The van der Waals surface area contributed by atoms with Gasteiger partial charge in [0.2, 0.25) is 5.91 Å². The van der Waals surface area contributed by atoms with Gasteiger partial charge in [0.15, 0.2) is 0 Å². The van der Waals surface area contributed by atoms with Crippen LogP contribution in [0.5, 0.6) is 0 Å². The highest BCUT2D eigenvalue weighted by Crippen LogP contribution is 2.30. The van der Waals surface area contributed by atoms with Gasteiger partial charge in [-0.15, -0.1) is 0 Å². The Morgan fingerprint density at radius 2 is 1.78 bits per heavy atom. The fourth-order valence-corrected chi connectivity index (χ4v) is 3.86. The highest BCUT2D eigenvalue weighted by atomic mass is 16.6. The summed E-state index contributed by atoms with van der Waals surface area (Å²) in [6.45, 7) is 3.67. The van der Waals surface area contributed by atoms with Crippen LogP contribution in [0, 0.1) is 10.1 Å². The van der Waals surface area contributed by atoms with Crippen molar-refractivity contribution in [3.8, 4) is 0 Å². The Labute approximate surface area is 158 Å². The van der Waals surface area contributed by atoms with Crippen LogP contribution in [-0.2, 0) is 4.79 Å². The van der Waals surface area contributed by atoms with E-state index in [1.807, 2.05) is 4.90 Å². The fourth-order valence-electron chi connectivity index (χ4n) is 3.86. The summed E-state index contributed by atoms with van der Waals surface area (Å²) in [6.07, 6.45) is 5.34. The van der Waals surface area contributed by atoms with Crippen LogP contribution in [0.25, 0.3) is 0 Å². The number of nitro groups is 1. The predicted octanol–water partition coefficient (Wildman–Crippen LogP) is 2.33. The molecule has 0 unspecified atom stereocenters. The maximum atomic E-state index is 12.5. The Kier molecular flexibility index (Phi) is 5.93. The minimum Gasteiger partial charge on any atom is -0.362 e. The average molecular weight is 374 g/mol. The number of benzene rings is 1. The SMILES string of the molecule is CC(=O)N1CCN(c2ccc(C(=O)NC3CCCCC3)cc2[N+](=O)[O-])CC1. The molecule has 1 aromatic carbocycles. The third-order valence-corrected chi connectivity index (χ3v) is 5.44. The van der Waals surface area contributed by atoms with Gasteiger partial charge in [0, 0.05) is 50.8 Å². The van der Waals surface area contributed by atoms with Crippen molar-refractivity contribution in [3.05, 3.63) is 33.9 Å². The van der Waals surface area contributed by atoms with Crippen LogP contribution in [0.1, 0.15) is 49.4 Å². The molecule has 1 heterocycles. The molecule has 1 N–H and O–H groups in total. The van der Waals surface area contributed by atoms with E-state index in [-0.39, 0.29) is 23.5 Å². The maximum Gasteiger partial charge on any atom is 0.293 e. The van der Waals surface area contributed by atoms with Gasteiger partial charge >= 0.3 is 0 Å². The first kappa shape index (κ1) is 19.1. The summed E-state index contributed by atoms with van der Waals surface area (Å²) < 4.78 is 0. The van der Waals surface area contributed by atoms with Crippen molar-refractivity contribution in [1.82, 2.24) is 10.2 Å². The predicted molar refractivity (Wildman–Crippen MR) is 102 cm³/mol. The summed E-state index contributed by atoms with van der Waals surface area (Å²) in [5.41, 5.74) is 0.749. The first-order chi connectivity index (χ1) is 13.0. The number of carbonyl (C=O) groups is 2. The lowest BCUT2D eigenvalue weighted by atomic mass is 9.95. The van der Waals surface area contributed by atoms with Crippen LogP contribution in [0.15, 0.2) is 18.2 Å². The molecule has 0 aromatic heterocycles. The van der Waals surface area contributed by atoms with Crippen LogP contribution in [0.3, 0.4) is 0 Å². The third kappa shape index (κ3) is 4.56. The van der Waals surface area contributed by atoms with E-state index in [4.69, 9.17) is 0 Å². The van der Waals surface area contributed by atoms with E-state index >= 15 is 0 Å². The fraction of sp³-hybridized carbons (Fsp3) is 0.579. The highest BCUT2D eigenvalue weighted by Gasteiger charge is 2.26. The zero-order valence-electron chi connectivity index (χ0n) is 15.6. The van der Waals surface area contributed by atoms with Crippen molar-refractivity contribution in [2.75, 3.05) is 31.1 Å². The molecule has 0 bridgehead atoms. The van der Waals surface area contributed by atoms with E-state index in [2.05, 4.69) is 5.32 Å². The summed E-state index contributed by atoms with van der Waals surface area (Å²) in [4.78, 5) is 38.7. The number of rotatable bonds is 4. The molecule has 1 aliphatic heterocycles. The molecule has 8 heteroatoms. The van der Waals surface area contributed by atoms with Crippen molar-refractivity contribution >= 4 is 23.2 Å². The van der Waals surface area contributed by atoms with E-state index < -0.39 is 4.92 Å². The van der Waals surface area contributed by atoms with Crippen LogP contribution in [0.2, 0.25) is 0 Å². The van der Waals surface area contributed by atoms with Gasteiger partial charge in [0.25, 0.3) is 11.6 Å². The molecule has 8 nitrogen and oxygen atoms in total. The number of nitrogens with one attached hydrogen (secondary N) is 1. The molecule has 3 rings (SSSR count). The smallest absolute Gasteiger partial charge is 0.293 e. The standard InChI is InChI=1S/C19H26N4O4/c1-14(24)21-9-11-22(12-10-21)17-8-7-15(13-18(17)23(26)27)19(25)20-16-5-3-2-4-6-16/h7-8,13,16H,2-6,9-12H2,1H3,(H,20,25). The van der Waals surface area contributed by atoms with Crippen molar-refractivity contribution in [2.24, 2.45) is 0 Å². The zero-order chi connectivity index (χ0) is 19.4. The lowest BCUT2D eigenvalue weighted by Crippen LogP contribution is -2.48. The number of anilines is 1. The Bertz CT molecular complexity index is 722. The van der Waals surface area contributed by atoms with Crippen molar-refractivity contribution < 1.29 is 14.5 Å². The zero-order valence-corrected chi connectivity index (χ0v) is 15.6. The second kappa shape index (κ2) is 8.37. The Hall–Kier alpha value is -2.64. The molecule has 2 amide bonds. The Balaban J connectivity index is 1.74. The van der Waals surface area contributed by atoms with Crippen LogP contribution in [-0.4, -0.2) is 53.9 Å². The molecule has 1 saturated carbocycles. The molecule has 0 atom stereocenters. The molecule has 0 radical (unpaired) electrons. The number of nitro benzene ring substituents is 1. The van der Waals surface area contributed by atoms with E-state index in [0.717, 1.165) is 25.7 Å². The Morgan fingerprint density at radius 1 is 1.11 bits per heavy atom. The largest absolute Gasteiger partial charge is 0.362 e. The minimum absolute atomic E-state index is 0.0129. The first-order valence-corrected chi connectivity index (χ1v) is 9.55. The molecular formula is C19H26N4O4. The summed E-state index contributed by atoms with van der Waals surface area (Å²) in [5, 5.41) is 14.6. The number of piperazine rings is 1. The number of amides is 2. The van der Waals surface area contributed by atoms with Gasteiger partial charge in [-0.05, 0) is 25.0 Å². The molecule has 1 saturated heterocycles. The highest BCUT2D eigenvalue weighted by molar-refractivity contribution is 5.96. The van der Waals surface area contributed by atoms with Crippen LogP contribution < -0.4 is 10.2 Å². The Morgan fingerprint density at radius 3 is 2.37 bits per heavy atom. The van der Waals surface area contributed by atoms with E-state index in [0.29, 0.717) is 37.4 Å².